The number of benzene rings is 1. The van der Waals surface area contributed by atoms with Crippen molar-refractivity contribution in [3.8, 4) is 0 Å². The highest BCUT2D eigenvalue weighted by Gasteiger charge is 2.30. The molecule has 1 N–H and O–H groups in total. The number of hydrogen-bond acceptors (Lipinski definition) is 4. The molecule has 2 aliphatic heterocycles. The van der Waals surface area contributed by atoms with Crippen LogP contribution in [0, 0.1) is 5.92 Å². The van der Waals surface area contributed by atoms with Crippen molar-refractivity contribution in [1.29, 1.82) is 0 Å². The van der Waals surface area contributed by atoms with Crippen LogP contribution < -0.4 is 5.32 Å². The van der Waals surface area contributed by atoms with Gasteiger partial charge in [0.2, 0.25) is 5.91 Å². The van der Waals surface area contributed by atoms with Crippen LogP contribution in [0.1, 0.15) is 37.3 Å². The molecule has 6 heteroatoms. The molecule has 3 rings (SSSR count). The van der Waals surface area contributed by atoms with Crippen LogP contribution in [0.15, 0.2) is 30.3 Å². The molecule has 2 unspecified atom stereocenters. The number of rotatable bonds is 6. The van der Waals surface area contributed by atoms with Gasteiger partial charge in [-0.2, -0.15) is 0 Å². The molecule has 1 amide bonds. The fourth-order valence-electron chi connectivity index (χ4n) is 3.69. The fourth-order valence-corrected chi connectivity index (χ4v) is 5.55. The van der Waals surface area contributed by atoms with E-state index in [2.05, 4.69) is 10.2 Å². The number of carbonyl (C=O) groups is 1. The summed E-state index contributed by atoms with van der Waals surface area (Å²) in [7, 11) is -2.93. The molecule has 0 aromatic heterocycles. The molecule has 132 valence electrons. The maximum atomic E-state index is 12.4. The minimum atomic E-state index is -2.93. The third-order valence-electron chi connectivity index (χ3n) is 4.98. The summed E-state index contributed by atoms with van der Waals surface area (Å²) in [6.45, 7) is 2.98. The van der Waals surface area contributed by atoms with E-state index in [1.165, 1.54) is 12.8 Å². The Morgan fingerprint density at radius 1 is 1.21 bits per heavy atom. The quantitative estimate of drug-likeness (QED) is 0.849. The smallest absolute Gasteiger partial charge is 0.220 e. The third kappa shape index (κ3) is 4.80. The second-order valence-electron chi connectivity index (χ2n) is 7.01. The zero-order chi connectivity index (χ0) is 17.0. The maximum absolute atomic E-state index is 12.4. The molecule has 5 nitrogen and oxygen atoms in total. The maximum Gasteiger partial charge on any atom is 0.220 e. The topological polar surface area (TPSA) is 66.5 Å². The van der Waals surface area contributed by atoms with Crippen molar-refractivity contribution >= 4 is 15.7 Å². The molecule has 2 aliphatic rings. The van der Waals surface area contributed by atoms with Crippen molar-refractivity contribution in [1.82, 2.24) is 10.2 Å². The first-order valence-corrected chi connectivity index (χ1v) is 10.6. The van der Waals surface area contributed by atoms with E-state index in [1.54, 1.807) is 0 Å². The van der Waals surface area contributed by atoms with Gasteiger partial charge in [-0.1, -0.05) is 30.3 Å². The van der Waals surface area contributed by atoms with Crippen LogP contribution in [0.2, 0.25) is 0 Å². The molecule has 0 aliphatic carbocycles. The van der Waals surface area contributed by atoms with Crippen molar-refractivity contribution in [2.45, 2.75) is 31.7 Å². The van der Waals surface area contributed by atoms with Gasteiger partial charge < -0.3 is 10.2 Å². The van der Waals surface area contributed by atoms with E-state index in [-0.39, 0.29) is 29.4 Å². The predicted molar refractivity (Wildman–Crippen MR) is 94.4 cm³/mol. The zero-order valence-corrected chi connectivity index (χ0v) is 14.8. The lowest BCUT2D eigenvalue weighted by Crippen LogP contribution is -2.37. The summed E-state index contributed by atoms with van der Waals surface area (Å²) in [5, 5.41) is 3.14. The van der Waals surface area contributed by atoms with Gasteiger partial charge in [0.25, 0.3) is 0 Å². The molecule has 2 fully saturated rings. The lowest BCUT2D eigenvalue weighted by atomic mass is 10.0. The zero-order valence-electron chi connectivity index (χ0n) is 14.0. The average molecular weight is 350 g/mol. The number of carbonyl (C=O) groups excluding carboxylic acids is 1. The van der Waals surface area contributed by atoms with E-state index in [0.29, 0.717) is 12.8 Å². The van der Waals surface area contributed by atoms with Crippen LogP contribution in [0.4, 0.5) is 0 Å². The Kier molecular flexibility index (Phi) is 5.56. The highest BCUT2D eigenvalue weighted by Crippen LogP contribution is 2.23. The molecule has 2 atom stereocenters. The number of likely N-dealkylation sites (tertiary alicyclic amines) is 1. The van der Waals surface area contributed by atoms with Gasteiger partial charge in [-0.15, -0.1) is 0 Å². The van der Waals surface area contributed by atoms with Crippen LogP contribution in [-0.4, -0.2) is 50.4 Å². The van der Waals surface area contributed by atoms with E-state index in [9.17, 15) is 13.2 Å². The van der Waals surface area contributed by atoms with Crippen molar-refractivity contribution in [3.63, 3.8) is 0 Å². The van der Waals surface area contributed by atoms with Crippen molar-refractivity contribution in [2.75, 3.05) is 31.1 Å². The van der Waals surface area contributed by atoms with Gasteiger partial charge in [0, 0.05) is 13.0 Å². The normalized spacial score (nSPS) is 24.8. The average Bonchev–Trinajstić information content (AvgIpc) is 3.17. The summed E-state index contributed by atoms with van der Waals surface area (Å²) < 4.78 is 23.1. The summed E-state index contributed by atoms with van der Waals surface area (Å²) in [6.07, 6.45) is 3.35. The minimum absolute atomic E-state index is 0.0294. The second-order valence-corrected chi connectivity index (χ2v) is 9.24. The van der Waals surface area contributed by atoms with Gasteiger partial charge >= 0.3 is 0 Å². The first kappa shape index (κ1) is 17.4. The number of nitrogens with zero attached hydrogens (tertiary/aromatic N) is 1. The van der Waals surface area contributed by atoms with Gasteiger partial charge in [-0.3, -0.25) is 4.79 Å². The molecule has 1 aromatic carbocycles. The molecule has 24 heavy (non-hydrogen) atoms. The molecular formula is C18H26N2O3S. The Morgan fingerprint density at radius 3 is 2.54 bits per heavy atom. The largest absolute Gasteiger partial charge is 0.348 e. The Balaban J connectivity index is 1.61. The van der Waals surface area contributed by atoms with E-state index < -0.39 is 9.84 Å². The second kappa shape index (κ2) is 7.66. The van der Waals surface area contributed by atoms with Crippen molar-refractivity contribution < 1.29 is 13.2 Å². The number of amides is 1. The van der Waals surface area contributed by atoms with E-state index in [1.807, 2.05) is 30.3 Å². The Hall–Kier alpha value is -1.40. The highest BCUT2D eigenvalue weighted by atomic mass is 32.2. The predicted octanol–water partition coefficient (Wildman–Crippen LogP) is 1.76. The highest BCUT2D eigenvalue weighted by molar-refractivity contribution is 7.91. The van der Waals surface area contributed by atoms with Gasteiger partial charge in [-0.05, 0) is 43.8 Å². The molecule has 0 saturated carbocycles. The molecule has 0 spiro atoms. The van der Waals surface area contributed by atoms with Gasteiger partial charge in [0.1, 0.15) is 0 Å². The van der Waals surface area contributed by atoms with E-state index in [0.717, 1.165) is 25.2 Å². The summed E-state index contributed by atoms with van der Waals surface area (Å²) in [5.41, 5.74) is 1.11. The first-order chi connectivity index (χ1) is 11.5. The molecule has 0 bridgehead atoms. The molecule has 2 saturated heterocycles. The van der Waals surface area contributed by atoms with E-state index in [4.69, 9.17) is 0 Å². The minimum Gasteiger partial charge on any atom is -0.348 e. The van der Waals surface area contributed by atoms with Crippen LogP contribution in [0.5, 0.6) is 0 Å². The standard InChI is InChI=1S/C18H26N2O3S/c21-18(12-15-8-11-24(22,23)14-15)19-17(13-20-9-4-5-10-20)16-6-2-1-3-7-16/h1-3,6-7,15,17H,4-5,8-14H2,(H,19,21). The Bertz CT molecular complexity index is 654. The molecular weight excluding hydrogens is 324 g/mol. The van der Waals surface area contributed by atoms with Crippen molar-refractivity contribution in [3.05, 3.63) is 35.9 Å². The molecule has 0 radical (unpaired) electrons. The number of sulfone groups is 1. The summed E-state index contributed by atoms with van der Waals surface area (Å²) in [4.78, 5) is 14.8. The molecule has 1 aromatic rings. The van der Waals surface area contributed by atoms with Crippen LogP contribution >= 0.6 is 0 Å². The van der Waals surface area contributed by atoms with Crippen LogP contribution in [-0.2, 0) is 14.6 Å². The van der Waals surface area contributed by atoms with Crippen LogP contribution in [0.25, 0.3) is 0 Å². The summed E-state index contributed by atoms with van der Waals surface area (Å²) in [5.74, 6) is 0.312. The first-order valence-electron chi connectivity index (χ1n) is 8.79. The number of nitrogens with one attached hydrogen (secondary N) is 1. The SMILES string of the molecule is O=C(CC1CCS(=O)(=O)C1)NC(CN1CCCC1)c1ccccc1. The Labute approximate surface area is 144 Å². The fraction of sp³-hybridized carbons (Fsp3) is 0.611. The lowest BCUT2D eigenvalue weighted by Gasteiger charge is -2.25. The number of hydrogen-bond donors (Lipinski definition) is 1. The third-order valence-corrected chi connectivity index (χ3v) is 6.81. The monoisotopic (exact) mass is 350 g/mol. The summed E-state index contributed by atoms with van der Waals surface area (Å²) >= 11 is 0. The molecule has 2 heterocycles. The summed E-state index contributed by atoms with van der Waals surface area (Å²) in [6, 6.07) is 10.0. The van der Waals surface area contributed by atoms with Gasteiger partial charge in [-0.25, -0.2) is 8.42 Å². The van der Waals surface area contributed by atoms with E-state index >= 15 is 0 Å². The van der Waals surface area contributed by atoms with Crippen molar-refractivity contribution in [2.24, 2.45) is 5.92 Å². The Morgan fingerprint density at radius 2 is 1.92 bits per heavy atom. The van der Waals surface area contributed by atoms with Gasteiger partial charge in [0.15, 0.2) is 9.84 Å². The van der Waals surface area contributed by atoms with Gasteiger partial charge in [0.05, 0.1) is 17.5 Å². The van der Waals surface area contributed by atoms with Crippen LogP contribution in [0.3, 0.4) is 0 Å². The lowest BCUT2D eigenvalue weighted by molar-refractivity contribution is -0.122.